The molecule has 2 rings (SSSR count). The first kappa shape index (κ1) is 11.9. The van der Waals surface area contributed by atoms with Crippen molar-refractivity contribution in [3.8, 4) is 5.75 Å². The van der Waals surface area contributed by atoms with Crippen LogP contribution in [0.3, 0.4) is 0 Å². The van der Waals surface area contributed by atoms with Gasteiger partial charge >= 0.3 is 0 Å². The first-order chi connectivity index (χ1) is 8.16. The van der Waals surface area contributed by atoms with Gasteiger partial charge in [-0.1, -0.05) is 6.42 Å². The zero-order chi connectivity index (χ0) is 12.3. The largest absolute Gasteiger partial charge is 0.508 e. The van der Waals surface area contributed by atoms with Crippen LogP contribution in [0.15, 0.2) is 18.2 Å². The van der Waals surface area contributed by atoms with Crippen LogP contribution in [0, 0.1) is 6.92 Å². The van der Waals surface area contributed by atoms with Gasteiger partial charge in [-0.15, -0.1) is 0 Å². The number of phenolic OH excluding ortho intramolecular Hbond substituents is 1. The summed E-state index contributed by atoms with van der Waals surface area (Å²) in [5.74, 6) is 0.0985. The van der Waals surface area contributed by atoms with E-state index in [2.05, 4.69) is 5.43 Å². The highest BCUT2D eigenvalue weighted by atomic mass is 16.3. The third-order valence-corrected chi connectivity index (χ3v) is 3.07. The molecule has 0 saturated carbocycles. The summed E-state index contributed by atoms with van der Waals surface area (Å²) in [6.07, 6.45) is 3.51. The van der Waals surface area contributed by atoms with Gasteiger partial charge in [-0.3, -0.25) is 10.2 Å². The van der Waals surface area contributed by atoms with Gasteiger partial charge in [0.15, 0.2) is 0 Å². The molecule has 0 unspecified atom stereocenters. The maximum Gasteiger partial charge on any atom is 0.265 e. The average molecular weight is 234 g/mol. The molecular formula is C13H18N2O2. The second kappa shape index (κ2) is 5.19. The minimum Gasteiger partial charge on any atom is -0.508 e. The quantitative estimate of drug-likeness (QED) is 0.821. The Hall–Kier alpha value is -1.55. The van der Waals surface area contributed by atoms with Crippen molar-refractivity contribution in [1.82, 2.24) is 10.4 Å². The molecule has 0 aliphatic carbocycles. The third kappa shape index (κ3) is 2.97. The van der Waals surface area contributed by atoms with Crippen LogP contribution in [0.1, 0.15) is 35.2 Å². The first-order valence-electron chi connectivity index (χ1n) is 6.02. The molecule has 17 heavy (non-hydrogen) atoms. The number of phenols is 1. The topological polar surface area (TPSA) is 52.6 Å². The number of hydrazine groups is 1. The van der Waals surface area contributed by atoms with Crippen molar-refractivity contribution in [3.05, 3.63) is 29.3 Å². The minimum absolute atomic E-state index is 0.0931. The van der Waals surface area contributed by atoms with E-state index in [9.17, 15) is 9.90 Å². The molecule has 92 valence electrons. The molecule has 0 aromatic heterocycles. The van der Waals surface area contributed by atoms with E-state index in [1.807, 2.05) is 11.9 Å². The lowest BCUT2D eigenvalue weighted by atomic mass is 10.1. The number of aryl methyl sites for hydroxylation is 1. The van der Waals surface area contributed by atoms with E-state index < -0.39 is 0 Å². The second-order valence-corrected chi connectivity index (χ2v) is 4.49. The number of carbonyl (C=O) groups excluding carboxylic acids is 1. The highest BCUT2D eigenvalue weighted by molar-refractivity contribution is 5.95. The van der Waals surface area contributed by atoms with Gasteiger partial charge in [-0.25, -0.2) is 5.01 Å². The number of nitrogens with zero attached hydrogens (tertiary/aromatic N) is 1. The first-order valence-corrected chi connectivity index (χ1v) is 6.02. The standard InChI is InChI=1S/C13H18N2O2/c1-10-9-11(16)5-6-12(10)13(17)14-15-7-3-2-4-8-15/h5-6,9,16H,2-4,7-8H2,1H3,(H,14,17). The summed E-state index contributed by atoms with van der Waals surface area (Å²) in [5, 5.41) is 11.3. The van der Waals surface area contributed by atoms with Crippen molar-refractivity contribution < 1.29 is 9.90 Å². The van der Waals surface area contributed by atoms with E-state index in [4.69, 9.17) is 0 Å². The van der Waals surface area contributed by atoms with Crippen LogP contribution in [0.5, 0.6) is 5.75 Å². The molecule has 0 bridgehead atoms. The molecule has 4 nitrogen and oxygen atoms in total. The van der Waals surface area contributed by atoms with Crippen molar-refractivity contribution in [2.45, 2.75) is 26.2 Å². The van der Waals surface area contributed by atoms with E-state index >= 15 is 0 Å². The molecule has 0 spiro atoms. The Labute approximate surface area is 101 Å². The van der Waals surface area contributed by atoms with Crippen molar-refractivity contribution in [1.29, 1.82) is 0 Å². The fourth-order valence-electron chi connectivity index (χ4n) is 2.11. The van der Waals surface area contributed by atoms with E-state index in [1.165, 1.54) is 12.5 Å². The number of benzene rings is 1. The van der Waals surface area contributed by atoms with Crippen LogP contribution in [0.2, 0.25) is 0 Å². The van der Waals surface area contributed by atoms with Crippen LogP contribution >= 0.6 is 0 Å². The number of amides is 1. The number of aromatic hydroxyl groups is 1. The fourth-order valence-corrected chi connectivity index (χ4v) is 2.11. The normalized spacial score (nSPS) is 16.8. The molecule has 1 aliphatic rings. The van der Waals surface area contributed by atoms with Crippen molar-refractivity contribution in [3.63, 3.8) is 0 Å². The smallest absolute Gasteiger partial charge is 0.265 e. The van der Waals surface area contributed by atoms with Gasteiger partial charge in [0.1, 0.15) is 5.75 Å². The summed E-state index contributed by atoms with van der Waals surface area (Å²) in [5.41, 5.74) is 4.32. The number of piperidine rings is 1. The summed E-state index contributed by atoms with van der Waals surface area (Å²) >= 11 is 0. The lowest BCUT2D eigenvalue weighted by Crippen LogP contribution is -2.45. The number of rotatable bonds is 2. The average Bonchev–Trinajstić information content (AvgIpc) is 2.30. The summed E-state index contributed by atoms with van der Waals surface area (Å²) in [4.78, 5) is 12.0. The predicted molar refractivity (Wildman–Crippen MR) is 65.7 cm³/mol. The van der Waals surface area contributed by atoms with Gasteiger partial charge in [0.25, 0.3) is 5.91 Å². The van der Waals surface area contributed by atoms with E-state index in [0.29, 0.717) is 5.56 Å². The van der Waals surface area contributed by atoms with Crippen LogP contribution < -0.4 is 5.43 Å². The van der Waals surface area contributed by atoms with Gasteiger partial charge in [-0.2, -0.15) is 0 Å². The molecule has 0 atom stereocenters. The third-order valence-electron chi connectivity index (χ3n) is 3.07. The maximum absolute atomic E-state index is 12.0. The van der Waals surface area contributed by atoms with Crippen molar-refractivity contribution in [2.24, 2.45) is 0 Å². The minimum atomic E-state index is -0.0931. The zero-order valence-corrected chi connectivity index (χ0v) is 10.1. The number of hydrogen-bond donors (Lipinski definition) is 2. The molecule has 0 radical (unpaired) electrons. The molecule has 1 heterocycles. The molecule has 1 saturated heterocycles. The molecule has 1 amide bonds. The summed E-state index contributed by atoms with van der Waals surface area (Å²) in [6, 6.07) is 4.80. The Morgan fingerprint density at radius 3 is 2.65 bits per heavy atom. The molecule has 1 aromatic rings. The second-order valence-electron chi connectivity index (χ2n) is 4.49. The van der Waals surface area contributed by atoms with Gasteiger partial charge in [-0.05, 0) is 43.5 Å². The SMILES string of the molecule is Cc1cc(O)ccc1C(=O)NN1CCCCC1. The Morgan fingerprint density at radius 2 is 2.00 bits per heavy atom. The van der Waals surface area contributed by atoms with Gasteiger partial charge in [0.05, 0.1) is 0 Å². The number of hydrogen-bond acceptors (Lipinski definition) is 3. The van der Waals surface area contributed by atoms with Gasteiger partial charge in [0, 0.05) is 18.7 Å². The van der Waals surface area contributed by atoms with Crippen LogP contribution in [0.25, 0.3) is 0 Å². The molecule has 2 N–H and O–H groups in total. The van der Waals surface area contributed by atoms with Crippen molar-refractivity contribution in [2.75, 3.05) is 13.1 Å². The van der Waals surface area contributed by atoms with E-state index in [0.717, 1.165) is 31.5 Å². The Morgan fingerprint density at radius 1 is 1.29 bits per heavy atom. The van der Waals surface area contributed by atoms with Crippen LogP contribution in [-0.4, -0.2) is 29.1 Å². The lowest BCUT2D eigenvalue weighted by molar-refractivity contribution is 0.0749. The zero-order valence-electron chi connectivity index (χ0n) is 10.1. The number of carbonyl (C=O) groups is 1. The highest BCUT2D eigenvalue weighted by Gasteiger charge is 2.15. The molecule has 1 aromatic carbocycles. The van der Waals surface area contributed by atoms with E-state index in [1.54, 1.807) is 12.1 Å². The van der Waals surface area contributed by atoms with Gasteiger partial charge < -0.3 is 5.11 Å². The molecule has 1 aliphatic heterocycles. The number of nitrogens with one attached hydrogen (secondary N) is 1. The Bertz CT molecular complexity index is 412. The predicted octanol–water partition coefficient (Wildman–Crippen LogP) is 1.83. The summed E-state index contributed by atoms with van der Waals surface area (Å²) < 4.78 is 0. The van der Waals surface area contributed by atoms with Crippen LogP contribution in [0.4, 0.5) is 0 Å². The maximum atomic E-state index is 12.0. The van der Waals surface area contributed by atoms with Crippen LogP contribution in [-0.2, 0) is 0 Å². The molecular weight excluding hydrogens is 216 g/mol. The summed E-state index contributed by atoms with van der Waals surface area (Å²) in [7, 11) is 0. The van der Waals surface area contributed by atoms with E-state index in [-0.39, 0.29) is 11.7 Å². The lowest BCUT2D eigenvalue weighted by Gasteiger charge is -2.27. The molecule has 4 heteroatoms. The molecule has 1 fully saturated rings. The Balaban J connectivity index is 2.03. The van der Waals surface area contributed by atoms with Crippen molar-refractivity contribution >= 4 is 5.91 Å². The highest BCUT2D eigenvalue weighted by Crippen LogP contribution is 2.16. The van der Waals surface area contributed by atoms with Gasteiger partial charge in [0.2, 0.25) is 0 Å². The summed E-state index contributed by atoms with van der Waals surface area (Å²) in [6.45, 7) is 3.66. The fraction of sp³-hybridized carbons (Fsp3) is 0.462. The Kier molecular flexibility index (Phi) is 3.64. The monoisotopic (exact) mass is 234 g/mol.